The Bertz CT molecular complexity index is 961. The number of carbonyl (C=O) groups excluding carboxylic acids is 1. The first kappa shape index (κ1) is 20.7. The van der Waals surface area contributed by atoms with Crippen LogP contribution in [0.2, 0.25) is 10.0 Å². The Morgan fingerprint density at radius 1 is 1.25 bits per heavy atom. The Balaban J connectivity index is 2.26. The van der Waals surface area contributed by atoms with Crippen molar-refractivity contribution in [3.63, 3.8) is 0 Å². The van der Waals surface area contributed by atoms with Crippen molar-refractivity contribution in [2.24, 2.45) is 0 Å². The molecule has 2 atom stereocenters. The van der Waals surface area contributed by atoms with Gasteiger partial charge in [0.05, 0.1) is 21.2 Å². The third-order valence-corrected chi connectivity index (χ3v) is 5.77. The van der Waals surface area contributed by atoms with Gasteiger partial charge in [-0.25, -0.2) is 0 Å². The zero-order valence-electron chi connectivity index (χ0n) is 14.7. The molecule has 2 unspecified atom stereocenters. The summed E-state index contributed by atoms with van der Waals surface area (Å²) in [5.41, 5.74) is -3.23. The first-order valence-electron chi connectivity index (χ1n) is 8.30. The number of halogens is 5. The molecule has 0 aromatic heterocycles. The van der Waals surface area contributed by atoms with E-state index in [2.05, 4.69) is 6.58 Å². The van der Waals surface area contributed by atoms with E-state index in [0.29, 0.717) is 10.6 Å². The van der Waals surface area contributed by atoms with E-state index in [1.165, 1.54) is 37.4 Å². The quantitative estimate of drug-likeness (QED) is 0.642. The zero-order valence-corrected chi connectivity index (χ0v) is 16.2. The van der Waals surface area contributed by atoms with E-state index in [4.69, 9.17) is 23.2 Å². The summed E-state index contributed by atoms with van der Waals surface area (Å²) >= 11 is 12.0. The van der Waals surface area contributed by atoms with Gasteiger partial charge in [0.2, 0.25) is 0 Å². The van der Waals surface area contributed by atoms with Gasteiger partial charge in [-0.2, -0.15) is 13.2 Å². The van der Waals surface area contributed by atoms with Gasteiger partial charge in [0.1, 0.15) is 0 Å². The van der Waals surface area contributed by atoms with Crippen LogP contribution in [0.4, 0.5) is 13.2 Å². The van der Waals surface area contributed by atoms with E-state index in [1.807, 2.05) is 0 Å². The van der Waals surface area contributed by atoms with E-state index >= 15 is 0 Å². The van der Waals surface area contributed by atoms with Crippen LogP contribution >= 0.6 is 23.2 Å². The van der Waals surface area contributed by atoms with Gasteiger partial charge < -0.3 is 10.0 Å². The predicted octanol–water partition coefficient (Wildman–Crippen LogP) is 5.60. The van der Waals surface area contributed by atoms with Crippen LogP contribution in [-0.4, -0.2) is 23.0 Å². The molecule has 2 aromatic carbocycles. The van der Waals surface area contributed by atoms with Crippen LogP contribution in [0.15, 0.2) is 49.1 Å². The summed E-state index contributed by atoms with van der Waals surface area (Å²) in [7, 11) is 1.27. The monoisotopic (exact) mass is 429 g/mol. The molecule has 0 saturated carbocycles. The molecule has 1 heterocycles. The highest BCUT2D eigenvalue weighted by molar-refractivity contribution is 6.42. The Labute approximate surface area is 170 Å². The highest BCUT2D eigenvalue weighted by Crippen LogP contribution is 2.50. The zero-order chi connectivity index (χ0) is 20.9. The second kappa shape index (κ2) is 7.10. The van der Waals surface area contributed by atoms with Crippen LogP contribution in [-0.2, 0) is 11.9 Å². The first-order chi connectivity index (χ1) is 13.0. The second-order valence-electron chi connectivity index (χ2n) is 6.57. The topological polar surface area (TPSA) is 40.5 Å². The van der Waals surface area contributed by atoms with Crippen molar-refractivity contribution in [3.05, 3.63) is 81.4 Å². The van der Waals surface area contributed by atoms with Gasteiger partial charge in [-0.3, -0.25) is 4.79 Å². The summed E-state index contributed by atoms with van der Waals surface area (Å²) in [6.45, 7) is 3.67. The minimum absolute atomic E-state index is 0.104. The van der Waals surface area contributed by atoms with Crippen LogP contribution in [0.5, 0.6) is 0 Å². The molecule has 3 nitrogen and oxygen atoms in total. The fourth-order valence-electron chi connectivity index (χ4n) is 3.68. The molecule has 3 rings (SSSR count). The SMILES string of the molecule is C=CCC(c1ccc(Cl)c(Cl)c1)C1(O)c2cccc(C(F)(F)F)c2C(=O)N1C. The molecular formula is C20H16Cl2F3NO2. The summed E-state index contributed by atoms with van der Waals surface area (Å²) in [4.78, 5) is 13.7. The van der Waals surface area contributed by atoms with Crippen LogP contribution in [0.1, 0.15) is 39.4 Å². The number of likely N-dealkylation sites (N-methyl/N-ethyl adjacent to an activating group) is 1. The number of carbonyl (C=O) groups is 1. The third-order valence-electron chi connectivity index (χ3n) is 5.03. The van der Waals surface area contributed by atoms with Gasteiger partial charge in [0.15, 0.2) is 5.72 Å². The minimum atomic E-state index is -4.73. The van der Waals surface area contributed by atoms with Crippen LogP contribution in [0.25, 0.3) is 0 Å². The number of allylic oxidation sites excluding steroid dienone is 1. The van der Waals surface area contributed by atoms with Gasteiger partial charge in [0, 0.05) is 18.5 Å². The first-order valence-corrected chi connectivity index (χ1v) is 9.06. The summed E-state index contributed by atoms with van der Waals surface area (Å²) in [6.07, 6.45) is -3.03. The highest BCUT2D eigenvalue weighted by atomic mass is 35.5. The predicted molar refractivity (Wildman–Crippen MR) is 101 cm³/mol. The number of benzene rings is 2. The number of hydrogen-bond acceptors (Lipinski definition) is 2. The van der Waals surface area contributed by atoms with Gasteiger partial charge >= 0.3 is 6.18 Å². The molecule has 0 bridgehead atoms. The van der Waals surface area contributed by atoms with E-state index in [9.17, 15) is 23.1 Å². The Morgan fingerprint density at radius 3 is 2.50 bits per heavy atom. The van der Waals surface area contributed by atoms with Crippen LogP contribution in [0.3, 0.4) is 0 Å². The molecule has 1 aliphatic heterocycles. The van der Waals surface area contributed by atoms with E-state index < -0.39 is 34.9 Å². The third kappa shape index (κ3) is 3.09. The van der Waals surface area contributed by atoms with E-state index in [0.717, 1.165) is 11.0 Å². The summed E-state index contributed by atoms with van der Waals surface area (Å²) < 4.78 is 40.4. The van der Waals surface area contributed by atoms with Gasteiger partial charge in [0.25, 0.3) is 5.91 Å². The average molecular weight is 430 g/mol. The van der Waals surface area contributed by atoms with Gasteiger partial charge in [-0.05, 0) is 30.2 Å². The molecular weight excluding hydrogens is 414 g/mol. The van der Waals surface area contributed by atoms with E-state index in [1.54, 1.807) is 6.07 Å². The molecule has 0 saturated heterocycles. The van der Waals surface area contributed by atoms with E-state index in [-0.39, 0.29) is 17.0 Å². The van der Waals surface area contributed by atoms with Crippen molar-refractivity contribution in [1.29, 1.82) is 0 Å². The van der Waals surface area contributed by atoms with Gasteiger partial charge in [-0.1, -0.05) is 47.5 Å². The molecule has 8 heteroatoms. The molecule has 0 spiro atoms. The molecule has 1 amide bonds. The van der Waals surface area contributed by atoms with Crippen LogP contribution in [0, 0.1) is 0 Å². The maximum absolute atomic E-state index is 13.5. The normalized spacial score (nSPS) is 20.2. The summed E-state index contributed by atoms with van der Waals surface area (Å²) in [6, 6.07) is 8.02. The summed E-state index contributed by atoms with van der Waals surface area (Å²) in [5, 5.41) is 12.1. The fraction of sp³-hybridized carbons (Fsp3) is 0.250. The maximum Gasteiger partial charge on any atom is 0.417 e. The van der Waals surface area contributed by atoms with Crippen LogP contribution < -0.4 is 0 Å². The van der Waals surface area contributed by atoms with Crippen molar-refractivity contribution < 1.29 is 23.1 Å². The smallest absolute Gasteiger partial charge is 0.366 e. The number of hydrogen-bond donors (Lipinski definition) is 1. The lowest BCUT2D eigenvalue weighted by Crippen LogP contribution is -2.45. The molecule has 1 aliphatic rings. The Morgan fingerprint density at radius 2 is 1.93 bits per heavy atom. The molecule has 28 heavy (non-hydrogen) atoms. The highest BCUT2D eigenvalue weighted by Gasteiger charge is 2.54. The summed E-state index contributed by atoms with van der Waals surface area (Å²) in [5.74, 6) is -1.71. The lowest BCUT2D eigenvalue weighted by atomic mass is 9.80. The van der Waals surface area contributed by atoms with Crippen molar-refractivity contribution in [3.8, 4) is 0 Å². The van der Waals surface area contributed by atoms with Gasteiger partial charge in [-0.15, -0.1) is 6.58 Å². The Kier molecular flexibility index (Phi) is 5.25. The van der Waals surface area contributed by atoms with Crippen molar-refractivity contribution in [2.75, 3.05) is 7.05 Å². The fourth-order valence-corrected chi connectivity index (χ4v) is 3.99. The average Bonchev–Trinajstić information content (AvgIpc) is 2.83. The largest absolute Gasteiger partial charge is 0.417 e. The minimum Gasteiger partial charge on any atom is -0.366 e. The van der Waals surface area contributed by atoms with Crippen molar-refractivity contribution in [2.45, 2.75) is 24.2 Å². The number of aliphatic hydroxyl groups is 1. The number of rotatable bonds is 4. The number of alkyl halides is 3. The molecule has 0 fully saturated rings. The Hall–Kier alpha value is -2.02. The molecule has 0 radical (unpaired) electrons. The van der Waals surface area contributed by atoms with Crippen molar-refractivity contribution >= 4 is 29.1 Å². The molecule has 1 N–H and O–H groups in total. The lowest BCUT2D eigenvalue weighted by Gasteiger charge is -2.39. The van der Waals surface area contributed by atoms with Crippen molar-refractivity contribution in [1.82, 2.24) is 4.90 Å². The number of amides is 1. The number of fused-ring (bicyclic) bond motifs is 1. The number of nitrogens with zero attached hydrogens (tertiary/aromatic N) is 1. The second-order valence-corrected chi connectivity index (χ2v) is 7.38. The molecule has 0 aliphatic carbocycles. The lowest BCUT2D eigenvalue weighted by molar-refractivity contribution is -0.137. The molecule has 2 aromatic rings. The molecule has 148 valence electrons. The maximum atomic E-state index is 13.5. The standard InChI is InChI=1S/C20H16Cl2F3NO2/c1-3-5-12(11-8-9-15(21)16(22)10-11)19(28)13-6-4-7-14(20(23,24)25)17(13)18(27)26(19)2/h3-4,6-10,12,28H,1,5H2,2H3.